The molecule has 0 saturated heterocycles. The smallest absolute Gasteiger partial charge is 0.0927 e. The molecular formula is C11H12Cl2N4. The molecule has 1 unspecified atom stereocenters. The number of aromatic nitrogens is 3. The molecule has 0 amide bonds. The van der Waals surface area contributed by atoms with Gasteiger partial charge in [-0.2, -0.15) is 5.10 Å². The average Bonchev–Trinajstić information content (AvgIpc) is 2.70. The minimum Gasteiger partial charge on any atom is -0.318 e. The number of hydrogen-bond donors (Lipinski definition) is 1. The van der Waals surface area contributed by atoms with Crippen molar-refractivity contribution in [2.45, 2.75) is 19.5 Å². The van der Waals surface area contributed by atoms with Crippen LogP contribution >= 0.6 is 23.2 Å². The highest BCUT2D eigenvalue weighted by molar-refractivity contribution is 6.32. The first-order valence-electron chi connectivity index (χ1n) is 5.22. The van der Waals surface area contributed by atoms with E-state index in [0.29, 0.717) is 22.3 Å². The minimum atomic E-state index is -0.473. The quantitative estimate of drug-likeness (QED) is 0.933. The van der Waals surface area contributed by atoms with E-state index in [1.165, 1.54) is 0 Å². The molecular weight excluding hydrogens is 259 g/mol. The molecule has 2 rings (SSSR count). The van der Waals surface area contributed by atoms with Crippen LogP contribution in [0.4, 0.5) is 0 Å². The summed E-state index contributed by atoms with van der Waals surface area (Å²) in [7, 11) is 0. The third-order valence-corrected chi connectivity index (χ3v) is 3.12. The van der Waals surface area contributed by atoms with Crippen molar-refractivity contribution >= 4 is 23.2 Å². The van der Waals surface area contributed by atoms with Crippen LogP contribution in [-0.4, -0.2) is 14.8 Å². The van der Waals surface area contributed by atoms with Crippen molar-refractivity contribution in [2.75, 3.05) is 0 Å². The molecule has 2 aromatic rings. The zero-order valence-corrected chi connectivity index (χ0v) is 10.8. The van der Waals surface area contributed by atoms with Crippen molar-refractivity contribution in [3.05, 3.63) is 46.0 Å². The van der Waals surface area contributed by atoms with Gasteiger partial charge in [0, 0.05) is 12.7 Å². The Morgan fingerprint density at radius 1 is 1.41 bits per heavy atom. The fourth-order valence-corrected chi connectivity index (χ4v) is 2.19. The van der Waals surface area contributed by atoms with Gasteiger partial charge in [-0.1, -0.05) is 23.2 Å². The van der Waals surface area contributed by atoms with Crippen LogP contribution in [0.15, 0.2) is 24.5 Å². The number of nitrogens with two attached hydrogens (primary N) is 1. The lowest BCUT2D eigenvalue weighted by atomic mass is 10.1. The summed E-state index contributed by atoms with van der Waals surface area (Å²) in [6, 6.07) is 3.04. The molecule has 2 heterocycles. The van der Waals surface area contributed by atoms with E-state index < -0.39 is 6.04 Å². The maximum absolute atomic E-state index is 6.15. The molecule has 2 aromatic heterocycles. The van der Waals surface area contributed by atoms with Gasteiger partial charge in [0.2, 0.25) is 0 Å². The molecule has 0 bridgehead atoms. The summed E-state index contributed by atoms with van der Waals surface area (Å²) in [6.07, 6.45) is 3.23. The molecule has 0 aromatic carbocycles. The van der Waals surface area contributed by atoms with Crippen molar-refractivity contribution in [1.29, 1.82) is 0 Å². The van der Waals surface area contributed by atoms with Crippen LogP contribution in [-0.2, 0) is 6.54 Å². The monoisotopic (exact) mass is 270 g/mol. The zero-order valence-electron chi connectivity index (χ0n) is 9.27. The molecule has 0 spiro atoms. The second kappa shape index (κ2) is 5.04. The standard InChI is InChI=1S/C11H12Cl2N4/c1-2-17-11(8(13)6-16-17)9(14)10-7(12)4-3-5-15-10/h3-6,9H,2,14H2,1H3. The van der Waals surface area contributed by atoms with Crippen LogP contribution in [0.2, 0.25) is 10.0 Å². The third-order valence-electron chi connectivity index (χ3n) is 2.51. The Kier molecular flexibility index (Phi) is 3.66. The van der Waals surface area contributed by atoms with Gasteiger partial charge < -0.3 is 5.73 Å². The van der Waals surface area contributed by atoms with Crippen molar-refractivity contribution < 1.29 is 0 Å². The van der Waals surface area contributed by atoms with Gasteiger partial charge in [0.05, 0.1) is 33.7 Å². The first kappa shape index (κ1) is 12.4. The summed E-state index contributed by atoms with van der Waals surface area (Å²) in [4.78, 5) is 4.19. The summed E-state index contributed by atoms with van der Waals surface area (Å²) < 4.78 is 1.75. The highest BCUT2D eigenvalue weighted by Gasteiger charge is 2.20. The summed E-state index contributed by atoms with van der Waals surface area (Å²) >= 11 is 12.2. The first-order valence-corrected chi connectivity index (χ1v) is 5.98. The van der Waals surface area contributed by atoms with Crippen LogP contribution in [0.3, 0.4) is 0 Å². The lowest BCUT2D eigenvalue weighted by Crippen LogP contribution is -2.19. The number of halogens is 2. The Bertz CT molecular complexity index is 524. The predicted octanol–water partition coefficient (Wildman–Crippen LogP) is 2.65. The van der Waals surface area contributed by atoms with E-state index in [0.717, 1.165) is 5.69 Å². The molecule has 4 nitrogen and oxygen atoms in total. The highest BCUT2D eigenvalue weighted by Crippen LogP contribution is 2.28. The first-order chi connectivity index (χ1) is 8.15. The van der Waals surface area contributed by atoms with E-state index in [9.17, 15) is 0 Å². The van der Waals surface area contributed by atoms with E-state index in [1.807, 2.05) is 6.92 Å². The summed E-state index contributed by atoms with van der Waals surface area (Å²) in [5, 5.41) is 5.20. The predicted molar refractivity (Wildman–Crippen MR) is 68.2 cm³/mol. The van der Waals surface area contributed by atoms with Gasteiger partial charge in [0.1, 0.15) is 0 Å². The van der Waals surface area contributed by atoms with Gasteiger partial charge in [0.25, 0.3) is 0 Å². The third kappa shape index (κ3) is 2.29. The Labute approximate surface area is 109 Å². The molecule has 0 aliphatic rings. The van der Waals surface area contributed by atoms with Gasteiger partial charge in [-0.15, -0.1) is 0 Å². The largest absolute Gasteiger partial charge is 0.318 e. The number of rotatable bonds is 3. The van der Waals surface area contributed by atoms with Crippen LogP contribution in [0.1, 0.15) is 24.4 Å². The van der Waals surface area contributed by atoms with Crippen LogP contribution in [0.25, 0.3) is 0 Å². The second-order valence-corrected chi connectivity index (χ2v) is 4.36. The van der Waals surface area contributed by atoms with Crippen molar-refractivity contribution in [3.63, 3.8) is 0 Å². The maximum Gasteiger partial charge on any atom is 0.0927 e. The molecule has 0 radical (unpaired) electrons. The van der Waals surface area contributed by atoms with E-state index in [4.69, 9.17) is 28.9 Å². The fourth-order valence-electron chi connectivity index (χ4n) is 1.69. The van der Waals surface area contributed by atoms with Crippen molar-refractivity contribution in [1.82, 2.24) is 14.8 Å². The van der Waals surface area contributed by atoms with Crippen LogP contribution < -0.4 is 5.73 Å². The fraction of sp³-hybridized carbons (Fsp3) is 0.273. The molecule has 1 atom stereocenters. The average molecular weight is 271 g/mol. The molecule has 0 saturated carbocycles. The van der Waals surface area contributed by atoms with E-state index >= 15 is 0 Å². The molecule has 17 heavy (non-hydrogen) atoms. The molecule has 2 N–H and O–H groups in total. The normalized spacial score (nSPS) is 12.7. The maximum atomic E-state index is 6.15. The number of aryl methyl sites for hydroxylation is 1. The molecule has 0 aliphatic heterocycles. The van der Waals surface area contributed by atoms with E-state index in [-0.39, 0.29) is 0 Å². The van der Waals surface area contributed by atoms with Crippen LogP contribution in [0, 0.1) is 0 Å². The summed E-state index contributed by atoms with van der Waals surface area (Å²) in [5.41, 5.74) is 7.48. The lowest BCUT2D eigenvalue weighted by Gasteiger charge is -2.14. The lowest BCUT2D eigenvalue weighted by molar-refractivity contribution is 0.596. The highest BCUT2D eigenvalue weighted by atomic mass is 35.5. The van der Waals surface area contributed by atoms with Gasteiger partial charge in [-0.05, 0) is 19.1 Å². The Hall–Kier alpha value is -1.10. The molecule has 0 fully saturated rings. The number of pyridine rings is 1. The second-order valence-electron chi connectivity index (χ2n) is 3.54. The molecule has 6 heteroatoms. The number of nitrogens with zero attached hydrogens (tertiary/aromatic N) is 3. The molecule has 0 aliphatic carbocycles. The Morgan fingerprint density at radius 2 is 2.18 bits per heavy atom. The summed E-state index contributed by atoms with van der Waals surface area (Å²) in [6.45, 7) is 2.67. The SMILES string of the molecule is CCn1ncc(Cl)c1C(N)c1ncccc1Cl. The zero-order chi connectivity index (χ0) is 12.4. The van der Waals surface area contributed by atoms with Crippen molar-refractivity contribution in [2.24, 2.45) is 5.73 Å². The Morgan fingerprint density at radius 3 is 2.82 bits per heavy atom. The van der Waals surface area contributed by atoms with E-state index in [1.54, 1.807) is 29.2 Å². The Balaban J connectivity index is 2.47. The van der Waals surface area contributed by atoms with Gasteiger partial charge in [0.15, 0.2) is 0 Å². The summed E-state index contributed by atoms with van der Waals surface area (Å²) in [5.74, 6) is 0. The molecule has 90 valence electrons. The minimum absolute atomic E-state index is 0.473. The van der Waals surface area contributed by atoms with Crippen molar-refractivity contribution in [3.8, 4) is 0 Å². The topological polar surface area (TPSA) is 56.7 Å². The van der Waals surface area contributed by atoms with Crippen LogP contribution in [0.5, 0.6) is 0 Å². The number of hydrogen-bond acceptors (Lipinski definition) is 3. The van der Waals surface area contributed by atoms with Gasteiger partial charge in [-0.3, -0.25) is 9.67 Å². The van der Waals surface area contributed by atoms with Gasteiger partial charge in [-0.25, -0.2) is 0 Å². The van der Waals surface area contributed by atoms with Gasteiger partial charge >= 0.3 is 0 Å². The van der Waals surface area contributed by atoms with E-state index in [2.05, 4.69) is 10.1 Å².